The first-order valence-electron chi connectivity index (χ1n) is 12.0. The van der Waals surface area contributed by atoms with Gasteiger partial charge in [-0.3, -0.25) is 0 Å². The van der Waals surface area contributed by atoms with Crippen LogP contribution in [0.5, 0.6) is 0 Å². The van der Waals surface area contributed by atoms with Crippen molar-refractivity contribution in [1.82, 2.24) is 0 Å². The number of aliphatic hydroxyl groups excluding tert-OH is 4. The molecule has 5 atom stereocenters. The van der Waals surface area contributed by atoms with Crippen molar-refractivity contribution in [2.45, 2.75) is 74.6 Å². The smallest absolute Gasteiger partial charge is 0.125 e. The average Bonchev–Trinajstić information content (AvgIpc) is 2.87. The molecule has 1 saturated heterocycles. The molecule has 2 aliphatic rings. The zero-order chi connectivity index (χ0) is 25.0. The van der Waals surface area contributed by atoms with Gasteiger partial charge in [0, 0.05) is 5.56 Å². The molecule has 2 aromatic rings. The molecule has 1 heterocycles. The minimum absolute atomic E-state index is 0.450. The molecule has 0 radical (unpaired) electrons. The number of benzene rings is 2. The number of ether oxygens (including phenoxy) is 1. The summed E-state index contributed by atoms with van der Waals surface area (Å²) >= 11 is 0. The molecule has 0 amide bonds. The lowest BCUT2D eigenvalue weighted by molar-refractivity contribution is -0.231. The van der Waals surface area contributed by atoms with Crippen molar-refractivity contribution in [3.8, 4) is 17.9 Å². The summed E-state index contributed by atoms with van der Waals surface area (Å²) in [6.07, 6.45) is -1.24. The quantitative estimate of drug-likeness (QED) is 0.423. The monoisotopic (exact) mass is 477 g/mol. The van der Waals surface area contributed by atoms with Crippen molar-refractivity contribution < 1.29 is 30.3 Å². The Bertz CT molecular complexity index is 1120. The Kier molecular flexibility index (Phi) is 7.88. The highest BCUT2D eigenvalue weighted by Crippen LogP contribution is 2.33. The van der Waals surface area contributed by atoms with E-state index in [2.05, 4.69) is 17.9 Å². The molecule has 2 fully saturated rings. The summed E-state index contributed by atoms with van der Waals surface area (Å²) in [5.74, 6) is 6.12. The highest BCUT2D eigenvalue weighted by atomic mass is 16.5. The Hall–Kier alpha value is -2.75. The maximum Gasteiger partial charge on any atom is 0.125 e. The average molecular weight is 478 g/mol. The van der Waals surface area contributed by atoms with Gasteiger partial charge >= 0.3 is 0 Å². The van der Waals surface area contributed by atoms with Crippen LogP contribution < -0.4 is 0 Å². The highest BCUT2D eigenvalue weighted by Gasteiger charge is 2.44. The van der Waals surface area contributed by atoms with Gasteiger partial charge in [-0.25, -0.2) is 0 Å². The fourth-order valence-corrected chi connectivity index (χ4v) is 4.80. The molecule has 0 aromatic heterocycles. The first kappa shape index (κ1) is 25.3. The lowest BCUT2D eigenvalue weighted by Crippen LogP contribution is -2.55. The van der Waals surface area contributed by atoms with E-state index in [1.807, 2.05) is 24.3 Å². The van der Waals surface area contributed by atoms with Gasteiger partial charge in [-0.2, -0.15) is 5.26 Å². The minimum atomic E-state index is -1.47. The van der Waals surface area contributed by atoms with Gasteiger partial charge in [-0.1, -0.05) is 42.5 Å². The fourth-order valence-electron chi connectivity index (χ4n) is 4.80. The number of rotatable bonds is 4. The summed E-state index contributed by atoms with van der Waals surface area (Å²) in [7, 11) is 0. The van der Waals surface area contributed by atoms with Crippen LogP contribution in [-0.2, 0) is 11.2 Å². The summed E-state index contributed by atoms with van der Waals surface area (Å²) in [5, 5.41) is 60.3. The van der Waals surface area contributed by atoms with Crippen LogP contribution in [0.1, 0.15) is 66.0 Å². The molecule has 1 unspecified atom stereocenters. The molecular formula is C28H31NO6. The van der Waals surface area contributed by atoms with Gasteiger partial charge in [0.15, 0.2) is 0 Å². The maximum atomic E-state index is 10.6. The second kappa shape index (κ2) is 10.9. The van der Waals surface area contributed by atoms with Crippen molar-refractivity contribution >= 4 is 0 Å². The summed E-state index contributed by atoms with van der Waals surface area (Å²) in [5.41, 5.74) is 2.60. The van der Waals surface area contributed by atoms with E-state index in [9.17, 15) is 30.8 Å². The first-order valence-corrected chi connectivity index (χ1v) is 12.0. The number of aliphatic hydroxyl groups is 5. The van der Waals surface area contributed by atoms with E-state index >= 15 is 0 Å². The molecule has 7 heteroatoms. The third-order valence-corrected chi connectivity index (χ3v) is 6.94. The summed E-state index contributed by atoms with van der Waals surface area (Å²) in [6, 6.07) is 14.8. The van der Waals surface area contributed by atoms with Crippen molar-refractivity contribution in [3.05, 3.63) is 70.3 Å². The van der Waals surface area contributed by atoms with Crippen LogP contribution in [0.3, 0.4) is 0 Å². The van der Waals surface area contributed by atoms with Crippen LogP contribution in [0.2, 0.25) is 0 Å². The van der Waals surface area contributed by atoms with Gasteiger partial charge in [0.2, 0.25) is 0 Å². The zero-order valence-electron chi connectivity index (χ0n) is 19.5. The maximum absolute atomic E-state index is 10.6. The molecule has 7 nitrogen and oxygen atoms in total. The van der Waals surface area contributed by atoms with Crippen molar-refractivity contribution in [3.63, 3.8) is 0 Å². The molecule has 4 rings (SSSR count). The van der Waals surface area contributed by atoms with Crippen LogP contribution in [0.15, 0.2) is 42.5 Å². The van der Waals surface area contributed by atoms with Gasteiger partial charge in [-0.05, 0) is 67.0 Å². The Morgan fingerprint density at radius 3 is 2.31 bits per heavy atom. The van der Waals surface area contributed by atoms with E-state index in [1.54, 1.807) is 18.2 Å². The van der Waals surface area contributed by atoms with Gasteiger partial charge in [-0.15, -0.1) is 0 Å². The lowest BCUT2D eigenvalue weighted by Gasteiger charge is -2.40. The molecule has 0 bridgehead atoms. The van der Waals surface area contributed by atoms with Crippen LogP contribution in [-0.4, -0.2) is 62.2 Å². The van der Waals surface area contributed by atoms with Crippen LogP contribution in [0, 0.1) is 23.2 Å². The molecule has 184 valence electrons. The molecule has 5 N–H and O–H groups in total. The molecule has 1 aliphatic heterocycles. The minimum Gasteiger partial charge on any atom is -0.394 e. The molecule has 1 saturated carbocycles. The van der Waals surface area contributed by atoms with Crippen molar-refractivity contribution in [2.75, 3.05) is 6.61 Å². The molecule has 1 aliphatic carbocycles. The largest absolute Gasteiger partial charge is 0.394 e. The Morgan fingerprint density at radius 2 is 1.66 bits per heavy atom. The zero-order valence-corrected chi connectivity index (χ0v) is 19.5. The molecule has 35 heavy (non-hydrogen) atoms. The predicted molar refractivity (Wildman–Crippen MR) is 128 cm³/mol. The first-order chi connectivity index (χ1) is 16.8. The normalized spacial score (nSPS) is 27.9. The van der Waals surface area contributed by atoms with Crippen molar-refractivity contribution in [2.24, 2.45) is 0 Å². The molecule has 0 spiro atoms. The van der Waals surface area contributed by atoms with E-state index < -0.39 is 42.7 Å². The standard InChI is InChI=1S/C28H31NO6/c29-16-21-9-8-20(27-26(33)25(32)24(31)23(17-30)35-27)15-22(21)14-19-6-4-18(5-7-19)10-13-28(34)11-2-1-3-12-28/h4-9,15,23-27,30-34H,1-3,11-12,14,17H2/t23-,24-,25+,26?,27+/m1/s1. The third-order valence-electron chi connectivity index (χ3n) is 6.94. The predicted octanol–water partition coefficient (Wildman–Crippen LogP) is 1.71. The van der Waals surface area contributed by atoms with E-state index in [1.165, 1.54) is 0 Å². The second-order valence-corrected chi connectivity index (χ2v) is 9.49. The van der Waals surface area contributed by atoms with E-state index in [0.29, 0.717) is 30.4 Å². The summed E-state index contributed by atoms with van der Waals surface area (Å²) in [6.45, 7) is -0.503. The SMILES string of the molecule is N#Cc1ccc([C@@H]2O[C@H](CO)[C@@H](O)[C@H](O)C2O)cc1Cc1ccc(C#CC2(O)CCCCC2)cc1. The van der Waals surface area contributed by atoms with Gasteiger partial charge in [0.1, 0.15) is 36.1 Å². The summed E-state index contributed by atoms with van der Waals surface area (Å²) in [4.78, 5) is 0. The number of hydrogen-bond donors (Lipinski definition) is 5. The Labute approximate surface area is 205 Å². The summed E-state index contributed by atoms with van der Waals surface area (Å²) < 4.78 is 5.67. The van der Waals surface area contributed by atoms with Crippen LogP contribution in [0.4, 0.5) is 0 Å². The van der Waals surface area contributed by atoms with E-state index in [4.69, 9.17) is 4.74 Å². The van der Waals surface area contributed by atoms with Crippen molar-refractivity contribution in [1.29, 1.82) is 5.26 Å². The molecular weight excluding hydrogens is 446 g/mol. The number of nitrogens with zero attached hydrogens (tertiary/aromatic N) is 1. The lowest BCUT2D eigenvalue weighted by atomic mass is 9.85. The van der Waals surface area contributed by atoms with Gasteiger partial charge < -0.3 is 30.3 Å². The third kappa shape index (κ3) is 5.74. The fraction of sp³-hybridized carbons (Fsp3) is 0.464. The van der Waals surface area contributed by atoms with Gasteiger partial charge in [0.25, 0.3) is 0 Å². The van der Waals surface area contributed by atoms with E-state index in [0.717, 1.165) is 36.0 Å². The molecule has 2 aromatic carbocycles. The van der Waals surface area contributed by atoms with Crippen LogP contribution in [0.25, 0.3) is 0 Å². The van der Waals surface area contributed by atoms with E-state index in [-0.39, 0.29) is 0 Å². The van der Waals surface area contributed by atoms with Gasteiger partial charge in [0.05, 0.1) is 18.2 Å². The second-order valence-electron chi connectivity index (χ2n) is 9.49. The topological polar surface area (TPSA) is 134 Å². The van der Waals surface area contributed by atoms with Crippen LogP contribution >= 0.6 is 0 Å². The number of hydrogen-bond acceptors (Lipinski definition) is 7. The number of nitriles is 1. The Balaban J connectivity index is 1.52. The highest BCUT2D eigenvalue weighted by molar-refractivity contribution is 5.45. The Morgan fingerprint density at radius 1 is 0.943 bits per heavy atom.